The van der Waals surface area contributed by atoms with Crippen molar-refractivity contribution in [2.45, 2.75) is 26.7 Å². The Morgan fingerprint density at radius 1 is 1.18 bits per heavy atom. The van der Waals surface area contributed by atoms with Gasteiger partial charge in [-0.15, -0.1) is 0 Å². The van der Waals surface area contributed by atoms with E-state index in [2.05, 4.69) is 18.7 Å². The number of thiazole rings is 1. The van der Waals surface area contributed by atoms with Crippen molar-refractivity contribution in [3.05, 3.63) is 47.5 Å². The Morgan fingerprint density at radius 2 is 1.91 bits per heavy atom. The summed E-state index contributed by atoms with van der Waals surface area (Å²) in [6, 6.07) is 11.9. The van der Waals surface area contributed by atoms with Gasteiger partial charge < -0.3 is 14.2 Å². The summed E-state index contributed by atoms with van der Waals surface area (Å²) in [6.07, 6.45) is 0. The summed E-state index contributed by atoms with van der Waals surface area (Å²) >= 11 is 1.52. The summed E-state index contributed by atoms with van der Waals surface area (Å²) in [7, 11) is 1.64. The van der Waals surface area contributed by atoms with Crippen LogP contribution in [0.2, 0.25) is 0 Å². The first-order valence-electron chi connectivity index (χ1n) is 11.7. The normalized spacial score (nSPS) is 14.5. The molecule has 3 aromatic rings. The summed E-state index contributed by atoms with van der Waals surface area (Å²) in [5.74, 6) is 1.74. The number of amides is 1. The highest BCUT2D eigenvalue weighted by molar-refractivity contribution is 7.22. The number of aromatic nitrogens is 1. The van der Waals surface area contributed by atoms with Gasteiger partial charge in [0.05, 0.1) is 25.0 Å². The molecule has 0 unspecified atom stereocenters. The van der Waals surface area contributed by atoms with E-state index >= 15 is 0 Å². The summed E-state index contributed by atoms with van der Waals surface area (Å²) in [5, 5.41) is 0.666. The highest BCUT2D eigenvalue weighted by atomic mass is 32.1. The third-order valence-corrected chi connectivity index (χ3v) is 7.31. The van der Waals surface area contributed by atoms with Crippen molar-refractivity contribution >= 4 is 32.6 Å². The van der Waals surface area contributed by atoms with E-state index in [9.17, 15) is 4.79 Å². The minimum Gasteiger partial charge on any atom is -0.494 e. The van der Waals surface area contributed by atoms with Crippen LogP contribution in [-0.4, -0.2) is 68.9 Å². The van der Waals surface area contributed by atoms with Crippen LogP contribution in [0.25, 0.3) is 10.2 Å². The fourth-order valence-corrected chi connectivity index (χ4v) is 5.04. The molecule has 1 aliphatic rings. The van der Waals surface area contributed by atoms with Crippen LogP contribution >= 0.6 is 11.3 Å². The van der Waals surface area contributed by atoms with Crippen LogP contribution in [0.3, 0.4) is 0 Å². The minimum absolute atomic E-state index is 0.0455. The molecule has 1 aromatic heterocycles. The van der Waals surface area contributed by atoms with E-state index in [1.165, 1.54) is 16.9 Å². The van der Waals surface area contributed by atoms with Crippen molar-refractivity contribution in [2.75, 3.05) is 58.0 Å². The predicted molar refractivity (Wildman–Crippen MR) is 137 cm³/mol. The van der Waals surface area contributed by atoms with Gasteiger partial charge in [-0.25, -0.2) is 4.98 Å². The molecule has 182 valence electrons. The molecule has 4 rings (SSSR count). The first kappa shape index (κ1) is 24.4. The van der Waals surface area contributed by atoms with Gasteiger partial charge in [-0.1, -0.05) is 43.4 Å². The topological polar surface area (TPSA) is 64.1 Å². The molecule has 2 heterocycles. The largest absolute Gasteiger partial charge is 0.494 e. The average molecular weight is 484 g/mol. The lowest BCUT2D eigenvalue weighted by Crippen LogP contribution is -2.44. The third-order valence-electron chi connectivity index (χ3n) is 6.10. The minimum atomic E-state index is -0.114. The molecule has 7 nitrogen and oxygen atoms in total. The fourth-order valence-electron chi connectivity index (χ4n) is 3.94. The van der Waals surface area contributed by atoms with Crippen molar-refractivity contribution in [1.29, 1.82) is 0 Å². The van der Waals surface area contributed by atoms with Crippen molar-refractivity contribution in [3.63, 3.8) is 0 Å². The van der Waals surface area contributed by atoms with Crippen LogP contribution < -0.4 is 14.4 Å². The standard InChI is InChI=1S/C26H33N3O4S/c1-18(2)20-6-8-21(9-7-20)33-17-23(30)29(12-11-28-13-15-32-16-14-28)26-27-24-22(31-4)10-5-19(3)25(24)34-26/h5-10,18H,11-17H2,1-4H3. The second kappa shape index (κ2) is 11.2. The molecule has 0 spiro atoms. The van der Waals surface area contributed by atoms with Gasteiger partial charge in [-0.05, 0) is 42.2 Å². The van der Waals surface area contributed by atoms with Gasteiger partial charge in [0.1, 0.15) is 17.0 Å². The van der Waals surface area contributed by atoms with Gasteiger partial charge in [0.25, 0.3) is 5.91 Å². The van der Waals surface area contributed by atoms with Crippen LogP contribution in [0, 0.1) is 6.92 Å². The number of methoxy groups -OCH3 is 1. The molecule has 0 bridgehead atoms. The summed E-state index contributed by atoms with van der Waals surface area (Å²) in [5.41, 5.74) is 3.14. The molecule has 0 N–H and O–H groups in total. The van der Waals surface area contributed by atoms with Gasteiger partial charge in [0, 0.05) is 26.2 Å². The second-order valence-corrected chi connectivity index (χ2v) is 9.75. The number of benzene rings is 2. The predicted octanol–water partition coefficient (Wildman–Crippen LogP) is 4.48. The Hall–Kier alpha value is -2.68. The Kier molecular flexibility index (Phi) is 8.03. The molecule has 0 saturated carbocycles. The summed E-state index contributed by atoms with van der Waals surface area (Å²) in [4.78, 5) is 22.3. The van der Waals surface area contributed by atoms with Gasteiger partial charge in [0.15, 0.2) is 11.7 Å². The molecule has 34 heavy (non-hydrogen) atoms. The number of carbonyl (C=O) groups is 1. The Labute approximate surface area is 205 Å². The van der Waals surface area contributed by atoms with Crippen molar-refractivity contribution in [2.24, 2.45) is 0 Å². The van der Waals surface area contributed by atoms with Crippen LogP contribution in [-0.2, 0) is 9.53 Å². The lowest BCUT2D eigenvalue weighted by molar-refractivity contribution is -0.120. The van der Waals surface area contributed by atoms with Crippen molar-refractivity contribution in [1.82, 2.24) is 9.88 Å². The van der Waals surface area contributed by atoms with Crippen molar-refractivity contribution < 1.29 is 19.0 Å². The highest BCUT2D eigenvalue weighted by Crippen LogP contribution is 2.36. The Balaban J connectivity index is 1.54. The van der Waals surface area contributed by atoms with E-state index in [0.29, 0.717) is 29.1 Å². The van der Waals surface area contributed by atoms with E-state index in [1.54, 1.807) is 12.0 Å². The number of nitrogens with zero attached hydrogens (tertiary/aromatic N) is 3. The van der Waals surface area contributed by atoms with E-state index in [-0.39, 0.29) is 12.5 Å². The molecular weight excluding hydrogens is 450 g/mol. The number of hydrogen-bond donors (Lipinski definition) is 0. The lowest BCUT2D eigenvalue weighted by Gasteiger charge is -2.29. The SMILES string of the molecule is COc1ccc(C)c2sc(N(CCN3CCOCC3)C(=O)COc3ccc(C(C)C)cc3)nc12. The Bertz CT molecular complexity index is 1110. The molecule has 0 radical (unpaired) electrons. The zero-order valence-electron chi connectivity index (χ0n) is 20.4. The first-order chi connectivity index (χ1) is 16.5. The van der Waals surface area contributed by atoms with Gasteiger partial charge in [-0.3, -0.25) is 14.6 Å². The van der Waals surface area contributed by atoms with Crippen molar-refractivity contribution in [3.8, 4) is 11.5 Å². The number of anilines is 1. The zero-order valence-corrected chi connectivity index (χ0v) is 21.2. The van der Waals surface area contributed by atoms with Crippen LogP contribution in [0.5, 0.6) is 11.5 Å². The molecule has 8 heteroatoms. The maximum atomic E-state index is 13.4. The number of rotatable bonds is 9. The third kappa shape index (κ3) is 5.68. The summed E-state index contributed by atoms with van der Waals surface area (Å²) in [6.45, 7) is 10.8. The molecule has 2 aromatic carbocycles. The first-order valence-corrected chi connectivity index (χ1v) is 12.5. The number of hydrogen-bond acceptors (Lipinski definition) is 7. The van der Waals surface area contributed by atoms with Gasteiger partial charge >= 0.3 is 0 Å². The van der Waals surface area contributed by atoms with E-state index in [1.807, 2.05) is 43.3 Å². The molecular formula is C26H33N3O4S. The van der Waals surface area contributed by atoms with E-state index in [0.717, 1.165) is 48.6 Å². The monoisotopic (exact) mass is 483 g/mol. The molecule has 0 atom stereocenters. The van der Waals surface area contributed by atoms with Crippen LogP contribution in [0.15, 0.2) is 36.4 Å². The van der Waals surface area contributed by atoms with E-state index < -0.39 is 0 Å². The zero-order chi connectivity index (χ0) is 24.1. The van der Waals surface area contributed by atoms with Crippen LogP contribution in [0.4, 0.5) is 5.13 Å². The van der Waals surface area contributed by atoms with Gasteiger partial charge in [0.2, 0.25) is 0 Å². The maximum absolute atomic E-state index is 13.4. The van der Waals surface area contributed by atoms with E-state index in [4.69, 9.17) is 19.2 Å². The smallest absolute Gasteiger partial charge is 0.266 e. The average Bonchev–Trinajstić information content (AvgIpc) is 3.30. The fraction of sp³-hybridized carbons (Fsp3) is 0.462. The number of aryl methyl sites for hydroxylation is 1. The molecule has 1 fully saturated rings. The number of morpholine rings is 1. The number of fused-ring (bicyclic) bond motifs is 1. The molecule has 0 aliphatic carbocycles. The second-order valence-electron chi connectivity index (χ2n) is 8.77. The number of ether oxygens (including phenoxy) is 3. The van der Waals surface area contributed by atoms with Gasteiger partial charge in [-0.2, -0.15) is 0 Å². The molecule has 1 amide bonds. The Morgan fingerprint density at radius 3 is 2.59 bits per heavy atom. The maximum Gasteiger partial charge on any atom is 0.266 e. The number of carbonyl (C=O) groups excluding carboxylic acids is 1. The lowest BCUT2D eigenvalue weighted by atomic mass is 10.0. The summed E-state index contributed by atoms with van der Waals surface area (Å²) < 4.78 is 17.9. The molecule has 1 aliphatic heterocycles. The highest BCUT2D eigenvalue weighted by Gasteiger charge is 2.23. The van der Waals surface area contributed by atoms with Crippen LogP contribution in [0.1, 0.15) is 30.9 Å². The molecule has 1 saturated heterocycles. The quantitative estimate of drug-likeness (QED) is 0.447.